The minimum absolute atomic E-state index is 0.494. The number of nitrogen functional groups attached to an aromatic ring is 1. The van der Waals surface area contributed by atoms with Crippen molar-refractivity contribution in [3.05, 3.63) is 36.2 Å². The highest BCUT2D eigenvalue weighted by Crippen LogP contribution is 2.26. The van der Waals surface area contributed by atoms with Crippen molar-refractivity contribution in [2.24, 2.45) is 0 Å². The van der Waals surface area contributed by atoms with E-state index in [9.17, 15) is 0 Å². The van der Waals surface area contributed by atoms with E-state index in [1.54, 1.807) is 13.2 Å². The molecule has 2 aromatic rings. The highest BCUT2D eigenvalue weighted by molar-refractivity contribution is 5.62. The van der Waals surface area contributed by atoms with Crippen molar-refractivity contribution in [3.63, 3.8) is 0 Å². The SMILES string of the molecule is CCCc1nc(N)cc(N(C)c2cccc(OC)c2)n1. The highest BCUT2D eigenvalue weighted by atomic mass is 16.5. The van der Waals surface area contributed by atoms with E-state index in [0.717, 1.165) is 35.9 Å². The molecule has 1 heterocycles. The zero-order chi connectivity index (χ0) is 14.5. The molecule has 2 N–H and O–H groups in total. The van der Waals surface area contributed by atoms with E-state index in [1.165, 1.54) is 0 Å². The van der Waals surface area contributed by atoms with Crippen LogP contribution in [-0.4, -0.2) is 24.1 Å². The van der Waals surface area contributed by atoms with Crippen LogP contribution in [0.25, 0.3) is 0 Å². The van der Waals surface area contributed by atoms with Crippen LogP contribution in [0, 0.1) is 0 Å². The Kier molecular flexibility index (Phi) is 4.40. The van der Waals surface area contributed by atoms with Crippen LogP contribution in [0.1, 0.15) is 19.2 Å². The normalized spacial score (nSPS) is 10.3. The van der Waals surface area contributed by atoms with Gasteiger partial charge in [-0.2, -0.15) is 0 Å². The molecule has 0 radical (unpaired) electrons. The number of anilines is 3. The van der Waals surface area contributed by atoms with Gasteiger partial charge in [0.15, 0.2) is 0 Å². The second-order valence-electron chi connectivity index (χ2n) is 4.58. The van der Waals surface area contributed by atoms with Crippen LogP contribution in [0.5, 0.6) is 5.75 Å². The second-order valence-corrected chi connectivity index (χ2v) is 4.58. The summed E-state index contributed by atoms with van der Waals surface area (Å²) < 4.78 is 5.24. The van der Waals surface area contributed by atoms with Crippen molar-refractivity contribution >= 4 is 17.3 Å². The molecule has 2 rings (SSSR count). The molecule has 1 aromatic heterocycles. The molecule has 0 atom stereocenters. The quantitative estimate of drug-likeness (QED) is 0.906. The Balaban J connectivity index is 2.34. The standard InChI is InChI=1S/C15H20N4O/c1-4-6-14-17-13(16)10-15(18-14)19(2)11-7-5-8-12(9-11)20-3/h5,7-10H,4,6H2,1-3H3,(H2,16,17,18). The van der Waals surface area contributed by atoms with Crippen LogP contribution in [-0.2, 0) is 6.42 Å². The van der Waals surface area contributed by atoms with Gasteiger partial charge in [-0.05, 0) is 18.6 Å². The van der Waals surface area contributed by atoms with Crippen LogP contribution in [0.15, 0.2) is 30.3 Å². The Bertz CT molecular complexity index is 586. The van der Waals surface area contributed by atoms with Gasteiger partial charge in [0.1, 0.15) is 23.2 Å². The smallest absolute Gasteiger partial charge is 0.138 e. The molecule has 0 fully saturated rings. The summed E-state index contributed by atoms with van der Waals surface area (Å²) in [5.74, 6) is 2.87. The van der Waals surface area contributed by atoms with Gasteiger partial charge in [0, 0.05) is 31.3 Å². The molecule has 1 aromatic carbocycles. The van der Waals surface area contributed by atoms with Gasteiger partial charge in [-0.15, -0.1) is 0 Å². The molecule has 5 heteroatoms. The van der Waals surface area contributed by atoms with Crippen molar-refractivity contribution in [1.29, 1.82) is 0 Å². The van der Waals surface area contributed by atoms with E-state index in [-0.39, 0.29) is 0 Å². The van der Waals surface area contributed by atoms with Crippen molar-refractivity contribution in [3.8, 4) is 5.75 Å². The van der Waals surface area contributed by atoms with Crippen molar-refractivity contribution in [2.75, 3.05) is 24.8 Å². The first-order valence-corrected chi connectivity index (χ1v) is 6.65. The van der Waals surface area contributed by atoms with E-state index >= 15 is 0 Å². The zero-order valence-corrected chi connectivity index (χ0v) is 12.1. The summed E-state index contributed by atoms with van der Waals surface area (Å²) in [4.78, 5) is 10.8. The van der Waals surface area contributed by atoms with Crippen LogP contribution in [0.4, 0.5) is 17.3 Å². The van der Waals surface area contributed by atoms with Crippen LogP contribution in [0.2, 0.25) is 0 Å². The van der Waals surface area contributed by atoms with E-state index in [1.807, 2.05) is 36.2 Å². The monoisotopic (exact) mass is 272 g/mol. The molecule has 0 aliphatic carbocycles. The maximum absolute atomic E-state index is 5.86. The number of methoxy groups -OCH3 is 1. The number of aryl methyl sites for hydroxylation is 1. The Morgan fingerprint density at radius 2 is 2.05 bits per heavy atom. The van der Waals surface area contributed by atoms with E-state index in [4.69, 9.17) is 10.5 Å². The van der Waals surface area contributed by atoms with E-state index in [2.05, 4.69) is 16.9 Å². The number of hydrogen-bond donors (Lipinski definition) is 1. The molecule has 0 aliphatic rings. The number of ether oxygens (including phenoxy) is 1. The summed E-state index contributed by atoms with van der Waals surface area (Å²) in [6.07, 6.45) is 1.82. The van der Waals surface area contributed by atoms with Gasteiger partial charge in [-0.1, -0.05) is 13.0 Å². The van der Waals surface area contributed by atoms with Gasteiger partial charge in [-0.25, -0.2) is 9.97 Å². The van der Waals surface area contributed by atoms with Crippen molar-refractivity contribution < 1.29 is 4.74 Å². The fourth-order valence-electron chi connectivity index (χ4n) is 1.96. The first-order chi connectivity index (χ1) is 9.63. The maximum atomic E-state index is 5.86. The van der Waals surface area contributed by atoms with E-state index < -0.39 is 0 Å². The second kappa shape index (κ2) is 6.23. The summed E-state index contributed by atoms with van der Waals surface area (Å²) in [5.41, 5.74) is 6.85. The molecule has 0 aliphatic heterocycles. The third-order valence-corrected chi connectivity index (χ3v) is 3.04. The van der Waals surface area contributed by atoms with Crippen LogP contribution in [0.3, 0.4) is 0 Å². The molecular formula is C15H20N4O. The molecule has 0 bridgehead atoms. The molecule has 0 saturated heterocycles. The molecule has 20 heavy (non-hydrogen) atoms. The number of benzene rings is 1. The summed E-state index contributed by atoms with van der Waals surface area (Å²) in [7, 11) is 3.60. The van der Waals surface area contributed by atoms with Gasteiger partial charge in [0.25, 0.3) is 0 Å². The number of hydrogen-bond acceptors (Lipinski definition) is 5. The fourth-order valence-corrected chi connectivity index (χ4v) is 1.96. The highest BCUT2D eigenvalue weighted by Gasteiger charge is 2.09. The van der Waals surface area contributed by atoms with Gasteiger partial charge in [0.2, 0.25) is 0 Å². The summed E-state index contributed by atoms with van der Waals surface area (Å²) >= 11 is 0. The van der Waals surface area contributed by atoms with Crippen LogP contribution >= 0.6 is 0 Å². The first-order valence-electron chi connectivity index (χ1n) is 6.65. The summed E-state index contributed by atoms with van der Waals surface area (Å²) in [6, 6.07) is 9.59. The third-order valence-electron chi connectivity index (χ3n) is 3.04. The maximum Gasteiger partial charge on any atom is 0.138 e. The number of nitrogens with two attached hydrogens (primary N) is 1. The van der Waals surface area contributed by atoms with Gasteiger partial charge < -0.3 is 15.4 Å². The molecule has 0 unspecified atom stereocenters. The van der Waals surface area contributed by atoms with E-state index in [0.29, 0.717) is 5.82 Å². The Labute approximate surface area is 119 Å². The summed E-state index contributed by atoms with van der Waals surface area (Å²) in [6.45, 7) is 2.10. The number of aromatic nitrogens is 2. The summed E-state index contributed by atoms with van der Waals surface area (Å²) in [5, 5.41) is 0. The minimum atomic E-state index is 0.494. The predicted molar refractivity (Wildman–Crippen MR) is 81.5 cm³/mol. The average Bonchev–Trinajstić information content (AvgIpc) is 2.46. The van der Waals surface area contributed by atoms with Gasteiger partial charge in [-0.3, -0.25) is 0 Å². The minimum Gasteiger partial charge on any atom is -0.497 e. The fraction of sp³-hybridized carbons (Fsp3) is 0.333. The Morgan fingerprint density at radius 3 is 2.75 bits per heavy atom. The zero-order valence-electron chi connectivity index (χ0n) is 12.1. The number of rotatable bonds is 5. The van der Waals surface area contributed by atoms with Gasteiger partial charge >= 0.3 is 0 Å². The van der Waals surface area contributed by atoms with Crippen molar-refractivity contribution in [1.82, 2.24) is 9.97 Å². The van der Waals surface area contributed by atoms with Gasteiger partial charge in [0.05, 0.1) is 7.11 Å². The molecule has 0 amide bonds. The largest absolute Gasteiger partial charge is 0.497 e. The first kappa shape index (κ1) is 14.1. The Hall–Kier alpha value is -2.30. The lowest BCUT2D eigenvalue weighted by molar-refractivity contribution is 0.415. The topological polar surface area (TPSA) is 64.3 Å². The molecule has 0 saturated carbocycles. The van der Waals surface area contributed by atoms with Crippen molar-refractivity contribution in [2.45, 2.75) is 19.8 Å². The Morgan fingerprint density at radius 1 is 1.25 bits per heavy atom. The lowest BCUT2D eigenvalue weighted by Crippen LogP contribution is -2.13. The molecule has 5 nitrogen and oxygen atoms in total. The third kappa shape index (κ3) is 3.17. The average molecular weight is 272 g/mol. The lowest BCUT2D eigenvalue weighted by Gasteiger charge is -2.19. The predicted octanol–water partition coefficient (Wildman–Crippen LogP) is 2.79. The molecular weight excluding hydrogens is 252 g/mol. The molecule has 106 valence electrons. The lowest BCUT2D eigenvalue weighted by atomic mass is 10.2. The number of nitrogens with zero attached hydrogens (tertiary/aromatic N) is 3. The molecule has 0 spiro atoms. The van der Waals surface area contributed by atoms with Crippen LogP contribution < -0.4 is 15.4 Å².